The predicted molar refractivity (Wildman–Crippen MR) is 213 cm³/mol. The number of hydrogen-bond acceptors (Lipinski definition) is 3. The van der Waals surface area contributed by atoms with Gasteiger partial charge in [0.2, 0.25) is 0 Å². The highest BCUT2D eigenvalue weighted by Gasteiger charge is 2.23. The van der Waals surface area contributed by atoms with Crippen LogP contribution in [0.3, 0.4) is 0 Å². The Balaban J connectivity index is 1.23. The fourth-order valence-corrected chi connectivity index (χ4v) is 7.68. The van der Waals surface area contributed by atoms with E-state index in [1.165, 1.54) is 54.5 Å². The molecule has 10 rings (SSSR count). The molecular formula is C47H32N4. The Labute approximate surface area is 295 Å². The molecule has 0 amide bonds. The lowest BCUT2D eigenvalue weighted by atomic mass is 9.94. The third-order valence-corrected chi connectivity index (χ3v) is 10.0. The SMILES string of the molecule is c1ccc(C2=NC(c3ccccc3)NC(c3cccc(-n4c5ccc6ccccc6c5c5c6ccccc6c(-c6ccccc6)cc54)c3)=N2)cc1. The normalized spacial score (nSPS) is 14.5. The molecule has 4 heteroatoms. The minimum Gasteiger partial charge on any atom is -0.344 e. The van der Waals surface area contributed by atoms with Crippen molar-refractivity contribution in [1.29, 1.82) is 0 Å². The van der Waals surface area contributed by atoms with Crippen LogP contribution in [0.15, 0.2) is 192 Å². The molecule has 1 aliphatic rings. The highest BCUT2D eigenvalue weighted by molar-refractivity contribution is 6.30. The largest absolute Gasteiger partial charge is 0.344 e. The summed E-state index contributed by atoms with van der Waals surface area (Å²) in [4.78, 5) is 10.2. The van der Waals surface area contributed by atoms with Crippen LogP contribution in [0.1, 0.15) is 22.9 Å². The molecule has 2 heterocycles. The number of benzene rings is 8. The topological polar surface area (TPSA) is 41.7 Å². The summed E-state index contributed by atoms with van der Waals surface area (Å²) in [6, 6.07) is 64.6. The summed E-state index contributed by atoms with van der Waals surface area (Å²) >= 11 is 0. The van der Waals surface area contributed by atoms with Gasteiger partial charge in [-0.15, -0.1) is 0 Å². The summed E-state index contributed by atoms with van der Waals surface area (Å²) in [6.07, 6.45) is -0.267. The fourth-order valence-electron chi connectivity index (χ4n) is 7.68. The van der Waals surface area contributed by atoms with E-state index < -0.39 is 0 Å². The summed E-state index contributed by atoms with van der Waals surface area (Å²) in [5.74, 6) is 1.51. The molecule has 0 radical (unpaired) electrons. The number of nitrogens with one attached hydrogen (secondary N) is 1. The monoisotopic (exact) mass is 652 g/mol. The molecule has 0 saturated carbocycles. The number of aliphatic imine (C=N–C) groups is 2. The van der Waals surface area contributed by atoms with Gasteiger partial charge < -0.3 is 9.88 Å². The highest BCUT2D eigenvalue weighted by atomic mass is 15.2. The lowest BCUT2D eigenvalue weighted by Gasteiger charge is -2.24. The first kappa shape index (κ1) is 29.2. The molecule has 1 aromatic heterocycles. The maximum absolute atomic E-state index is 5.13. The van der Waals surface area contributed by atoms with E-state index in [1.54, 1.807) is 0 Å². The Morgan fingerprint density at radius 2 is 1.10 bits per heavy atom. The summed E-state index contributed by atoms with van der Waals surface area (Å²) < 4.78 is 2.43. The van der Waals surface area contributed by atoms with Gasteiger partial charge in [0.1, 0.15) is 12.0 Å². The van der Waals surface area contributed by atoms with E-state index in [0.29, 0.717) is 5.84 Å². The number of hydrogen-bond donors (Lipinski definition) is 1. The predicted octanol–water partition coefficient (Wildman–Crippen LogP) is 11.3. The Kier molecular flexibility index (Phi) is 6.85. The van der Waals surface area contributed by atoms with Crippen LogP contribution in [0, 0.1) is 0 Å². The molecule has 0 fully saturated rings. The van der Waals surface area contributed by atoms with Crippen molar-refractivity contribution < 1.29 is 0 Å². The minimum atomic E-state index is -0.267. The van der Waals surface area contributed by atoms with Crippen LogP contribution in [0.25, 0.3) is 60.2 Å². The van der Waals surface area contributed by atoms with Crippen molar-refractivity contribution in [3.63, 3.8) is 0 Å². The van der Waals surface area contributed by atoms with E-state index in [1.807, 2.05) is 24.3 Å². The second-order valence-electron chi connectivity index (χ2n) is 13.0. The van der Waals surface area contributed by atoms with Gasteiger partial charge in [-0.2, -0.15) is 0 Å². The molecule has 0 spiro atoms. The number of rotatable bonds is 5. The zero-order chi connectivity index (χ0) is 33.7. The van der Waals surface area contributed by atoms with Crippen LogP contribution >= 0.6 is 0 Å². The first-order chi connectivity index (χ1) is 25.3. The van der Waals surface area contributed by atoms with Gasteiger partial charge in [0.05, 0.1) is 11.0 Å². The van der Waals surface area contributed by atoms with E-state index in [2.05, 4.69) is 168 Å². The van der Waals surface area contributed by atoms with E-state index >= 15 is 0 Å². The summed E-state index contributed by atoms with van der Waals surface area (Å²) in [7, 11) is 0. The maximum atomic E-state index is 5.13. The molecule has 9 aromatic rings. The van der Waals surface area contributed by atoms with Crippen molar-refractivity contribution in [3.8, 4) is 16.8 Å². The molecule has 1 aliphatic heterocycles. The standard InChI is InChI=1S/C47H32N4/c1-4-15-31(16-5-1)40-30-42-44(39-26-13-12-25-38(39)40)43-37-24-11-10-17-32(37)27-28-41(43)51(42)36-23-14-22-35(29-36)47-49-45(33-18-6-2-7-19-33)48-46(50-47)34-20-8-3-9-21-34/h1-30,45H,(H,48,49,50). The number of nitrogens with zero attached hydrogens (tertiary/aromatic N) is 3. The molecule has 1 unspecified atom stereocenters. The van der Waals surface area contributed by atoms with E-state index in [-0.39, 0.29) is 6.17 Å². The van der Waals surface area contributed by atoms with Crippen LogP contribution in [0.5, 0.6) is 0 Å². The molecule has 8 aromatic carbocycles. The first-order valence-electron chi connectivity index (χ1n) is 17.4. The zero-order valence-corrected chi connectivity index (χ0v) is 27.7. The molecule has 1 atom stereocenters. The van der Waals surface area contributed by atoms with Crippen molar-refractivity contribution in [3.05, 3.63) is 199 Å². The van der Waals surface area contributed by atoms with E-state index in [9.17, 15) is 0 Å². The van der Waals surface area contributed by atoms with Gasteiger partial charge in [-0.25, -0.2) is 9.98 Å². The Morgan fingerprint density at radius 3 is 1.88 bits per heavy atom. The van der Waals surface area contributed by atoms with Crippen LogP contribution in [0.4, 0.5) is 0 Å². The van der Waals surface area contributed by atoms with Gasteiger partial charge >= 0.3 is 0 Å². The quantitative estimate of drug-likeness (QED) is 0.197. The summed E-state index contributed by atoms with van der Waals surface area (Å²) in [5.41, 5.74) is 8.90. The lowest BCUT2D eigenvalue weighted by molar-refractivity contribution is 0.674. The van der Waals surface area contributed by atoms with E-state index in [0.717, 1.165) is 28.2 Å². The summed E-state index contributed by atoms with van der Waals surface area (Å²) in [5, 5.41) is 11.2. The van der Waals surface area contributed by atoms with Crippen LogP contribution in [-0.4, -0.2) is 16.2 Å². The molecule has 4 nitrogen and oxygen atoms in total. The Hall–Kier alpha value is -6.78. The third kappa shape index (κ3) is 4.92. The first-order valence-corrected chi connectivity index (χ1v) is 17.4. The van der Waals surface area contributed by atoms with Gasteiger partial charge in [0.25, 0.3) is 0 Å². The molecule has 240 valence electrons. The Morgan fingerprint density at radius 1 is 0.471 bits per heavy atom. The molecule has 0 aliphatic carbocycles. The molecular weight excluding hydrogens is 621 g/mol. The molecule has 0 saturated heterocycles. The fraction of sp³-hybridized carbons (Fsp3) is 0.0213. The second kappa shape index (κ2) is 12.0. The van der Waals surface area contributed by atoms with Gasteiger partial charge in [-0.05, 0) is 62.5 Å². The smallest absolute Gasteiger partial charge is 0.159 e. The van der Waals surface area contributed by atoms with Crippen LogP contribution < -0.4 is 5.32 Å². The average Bonchev–Trinajstić information content (AvgIpc) is 3.56. The third-order valence-electron chi connectivity index (χ3n) is 10.0. The van der Waals surface area contributed by atoms with Crippen LogP contribution in [-0.2, 0) is 0 Å². The second-order valence-corrected chi connectivity index (χ2v) is 13.0. The van der Waals surface area contributed by atoms with Crippen molar-refractivity contribution in [2.75, 3.05) is 0 Å². The summed E-state index contributed by atoms with van der Waals surface area (Å²) in [6.45, 7) is 0. The molecule has 51 heavy (non-hydrogen) atoms. The number of aromatic nitrogens is 1. The van der Waals surface area contributed by atoms with Crippen molar-refractivity contribution >= 4 is 55.0 Å². The van der Waals surface area contributed by atoms with Gasteiger partial charge in [0, 0.05) is 27.6 Å². The van der Waals surface area contributed by atoms with Crippen molar-refractivity contribution in [1.82, 2.24) is 9.88 Å². The van der Waals surface area contributed by atoms with Crippen molar-refractivity contribution in [2.24, 2.45) is 9.98 Å². The Bertz CT molecular complexity index is 2810. The average molecular weight is 653 g/mol. The number of amidine groups is 2. The highest BCUT2D eigenvalue weighted by Crippen LogP contribution is 2.43. The zero-order valence-electron chi connectivity index (χ0n) is 27.7. The van der Waals surface area contributed by atoms with Crippen molar-refractivity contribution in [2.45, 2.75) is 6.17 Å². The maximum Gasteiger partial charge on any atom is 0.159 e. The molecule has 0 bridgehead atoms. The van der Waals surface area contributed by atoms with Gasteiger partial charge in [-0.3, -0.25) is 0 Å². The van der Waals surface area contributed by atoms with E-state index in [4.69, 9.17) is 9.98 Å². The van der Waals surface area contributed by atoms with Gasteiger partial charge in [-0.1, -0.05) is 158 Å². The van der Waals surface area contributed by atoms with Crippen LogP contribution in [0.2, 0.25) is 0 Å². The minimum absolute atomic E-state index is 0.267. The van der Waals surface area contributed by atoms with Gasteiger partial charge in [0.15, 0.2) is 5.84 Å². The number of fused-ring (bicyclic) bond motifs is 7. The molecule has 1 N–H and O–H groups in total. The lowest BCUT2D eigenvalue weighted by Crippen LogP contribution is -2.33.